The minimum Gasteiger partial charge on any atom is -0.356 e. The van der Waals surface area contributed by atoms with Gasteiger partial charge in [0, 0.05) is 12.5 Å². The van der Waals surface area contributed by atoms with Crippen LogP contribution in [0.4, 0.5) is 8.78 Å². The van der Waals surface area contributed by atoms with Gasteiger partial charge < -0.3 is 11.1 Å². The molecule has 1 amide bonds. The molecule has 112 valence electrons. The largest absolute Gasteiger partial charge is 0.356 e. The molecule has 6 heteroatoms. The molecule has 0 aliphatic heterocycles. The zero-order valence-electron chi connectivity index (χ0n) is 11.1. The highest BCUT2D eigenvalue weighted by Gasteiger charge is 2.45. The topological polar surface area (TPSA) is 55.1 Å². The Hall–Kier alpha value is -1.20. The van der Waals surface area contributed by atoms with Crippen LogP contribution in [0.3, 0.4) is 0 Å². The van der Waals surface area contributed by atoms with Gasteiger partial charge in [0.1, 0.15) is 0 Å². The number of nitrogens with two attached hydrogens (primary N) is 1. The summed E-state index contributed by atoms with van der Waals surface area (Å²) in [5.41, 5.74) is 5.66. The Morgan fingerprint density at radius 2 is 2.10 bits per heavy atom. The summed E-state index contributed by atoms with van der Waals surface area (Å²) in [5, 5.41) is 2.80. The molecular weight excluding hydrogens is 286 g/mol. The molecule has 20 heavy (non-hydrogen) atoms. The number of amides is 1. The molecule has 3 N–H and O–H groups in total. The number of unbranched alkanes of at least 4 members (excludes halogenated alkanes) is 1. The predicted molar refractivity (Wildman–Crippen MR) is 75.8 cm³/mol. The lowest BCUT2D eigenvalue weighted by Crippen LogP contribution is -2.26. The molecular formula is C14H19ClF2N2O. The summed E-state index contributed by atoms with van der Waals surface area (Å²) in [6.45, 7) is 1.20. The Morgan fingerprint density at radius 3 is 2.80 bits per heavy atom. The first-order valence-corrected chi connectivity index (χ1v) is 6.57. The molecule has 0 aromatic heterocycles. The van der Waals surface area contributed by atoms with E-state index in [0.717, 1.165) is 18.9 Å². The molecule has 1 aliphatic carbocycles. The van der Waals surface area contributed by atoms with E-state index in [9.17, 15) is 13.6 Å². The van der Waals surface area contributed by atoms with Gasteiger partial charge in [-0.05, 0) is 43.4 Å². The van der Waals surface area contributed by atoms with Crippen LogP contribution < -0.4 is 11.1 Å². The van der Waals surface area contributed by atoms with Crippen molar-refractivity contribution in [1.29, 1.82) is 0 Å². The summed E-state index contributed by atoms with van der Waals surface area (Å²) in [4.78, 5) is 11.8. The minimum absolute atomic E-state index is 0. The second-order valence-corrected chi connectivity index (χ2v) is 4.88. The van der Waals surface area contributed by atoms with Gasteiger partial charge in [-0.15, -0.1) is 12.4 Å². The monoisotopic (exact) mass is 304 g/mol. The van der Waals surface area contributed by atoms with Crippen LogP contribution in [-0.2, 0) is 4.79 Å². The van der Waals surface area contributed by atoms with Gasteiger partial charge in [0.25, 0.3) is 0 Å². The second-order valence-electron chi connectivity index (χ2n) is 4.88. The van der Waals surface area contributed by atoms with Crippen LogP contribution in [0, 0.1) is 17.6 Å². The lowest BCUT2D eigenvalue weighted by atomic mass is 10.1. The summed E-state index contributed by atoms with van der Waals surface area (Å²) in [6.07, 6.45) is 2.30. The van der Waals surface area contributed by atoms with Crippen LogP contribution >= 0.6 is 12.4 Å². The Bertz CT molecular complexity index is 470. The van der Waals surface area contributed by atoms with E-state index >= 15 is 0 Å². The number of halogens is 3. The van der Waals surface area contributed by atoms with Gasteiger partial charge in [-0.25, -0.2) is 8.78 Å². The van der Waals surface area contributed by atoms with E-state index in [2.05, 4.69) is 5.32 Å². The lowest BCUT2D eigenvalue weighted by Gasteiger charge is -2.05. The summed E-state index contributed by atoms with van der Waals surface area (Å²) >= 11 is 0. The Labute approximate surface area is 123 Å². The lowest BCUT2D eigenvalue weighted by molar-refractivity contribution is -0.122. The Kier molecular flexibility index (Phi) is 6.36. The Morgan fingerprint density at radius 1 is 1.35 bits per heavy atom. The normalized spacial score (nSPS) is 20.1. The van der Waals surface area contributed by atoms with Crippen LogP contribution in [0.5, 0.6) is 0 Å². The van der Waals surface area contributed by atoms with Crippen molar-refractivity contribution < 1.29 is 13.6 Å². The van der Waals surface area contributed by atoms with Gasteiger partial charge in [-0.3, -0.25) is 4.79 Å². The molecule has 2 unspecified atom stereocenters. The molecule has 1 fully saturated rings. The van der Waals surface area contributed by atoms with E-state index in [1.54, 1.807) is 6.07 Å². The van der Waals surface area contributed by atoms with E-state index in [0.29, 0.717) is 25.1 Å². The number of hydrogen-bond donors (Lipinski definition) is 2. The van der Waals surface area contributed by atoms with Gasteiger partial charge in [-0.2, -0.15) is 0 Å². The number of carbonyl (C=O) groups is 1. The first-order valence-electron chi connectivity index (χ1n) is 6.57. The number of benzene rings is 1. The van der Waals surface area contributed by atoms with Crippen LogP contribution in [0.2, 0.25) is 0 Å². The molecule has 0 spiro atoms. The zero-order chi connectivity index (χ0) is 13.8. The molecule has 1 aromatic rings. The Balaban J connectivity index is 0.00000200. The summed E-state index contributed by atoms with van der Waals surface area (Å²) in [6, 6.07) is 4.11. The fourth-order valence-electron chi connectivity index (χ4n) is 2.25. The van der Waals surface area contributed by atoms with E-state index in [4.69, 9.17) is 5.73 Å². The van der Waals surface area contributed by atoms with Crippen molar-refractivity contribution in [3.63, 3.8) is 0 Å². The third-order valence-corrected chi connectivity index (χ3v) is 3.44. The molecule has 0 heterocycles. The maximum atomic E-state index is 13.6. The third-order valence-electron chi connectivity index (χ3n) is 3.44. The minimum atomic E-state index is -0.855. The maximum Gasteiger partial charge on any atom is 0.223 e. The highest BCUT2D eigenvalue weighted by Crippen LogP contribution is 2.48. The summed E-state index contributed by atoms with van der Waals surface area (Å²) in [7, 11) is 0. The first-order chi connectivity index (χ1) is 9.15. The molecule has 1 saturated carbocycles. The predicted octanol–water partition coefficient (Wildman–Crippen LogP) is 2.35. The summed E-state index contributed by atoms with van der Waals surface area (Å²) < 4.78 is 26.7. The van der Waals surface area contributed by atoms with E-state index in [-0.39, 0.29) is 30.2 Å². The molecule has 0 saturated heterocycles. The summed E-state index contributed by atoms with van der Waals surface area (Å²) in [5.74, 6) is -2.18. The van der Waals surface area contributed by atoms with Crippen LogP contribution in [0.25, 0.3) is 0 Å². The molecule has 2 rings (SSSR count). The van der Waals surface area contributed by atoms with Crippen molar-refractivity contribution in [1.82, 2.24) is 5.32 Å². The third kappa shape index (κ3) is 3.90. The zero-order valence-corrected chi connectivity index (χ0v) is 11.9. The van der Waals surface area contributed by atoms with E-state index in [1.807, 2.05) is 0 Å². The first kappa shape index (κ1) is 16.9. The standard InChI is InChI=1S/C14H18F2N2O.ClH/c15-12-5-3-4-9(13(12)16)10-8-11(10)14(19)18-7-2-1-6-17;/h3-5,10-11H,1-2,6-8,17H2,(H,18,19);1H. The van der Waals surface area contributed by atoms with Crippen molar-refractivity contribution in [3.05, 3.63) is 35.4 Å². The molecule has 0 radical (unpaired) electrons. The fraction of sp³-hybridized carbons (Fsp3) is 0.500. The highest BCUT2D eigenvalue weighted by molar-refractivity contribution is 5.85. The smallest absolute Gasteiger partial charge is 0.223 e. The molecule has 2 atom stereocenters. The van der Waals surface area contributed by atoms with Gasteiger partial charge in [0.15, 0.2) is 11.6 Å². The van der Waals surface area contributed by atoms with Crippen LogP contribution in [0.15, 0.2) is 18.2 Å². The van der Waals surface area contributed by atoms with Gasteiger partial charge in [0.05, 0.1) is 0 Å². The molecule has 0 bridgehead atoms. The molecule has 1 aromatic carbocycles. The van der Waals surface area contributed by atoms with Crippen LogP contribution in [0.1, 0.15) is 30.7 Å². The quantitative estimate of drug-likeness (QED) is 0.793. The fourth-order valence-corrected chi connectivity index (χ4v) is 2.25. The SMILES string of the molecule is Cl.NCCCCNC(=O)C1CC1c1cccc(F)c1F. The average Bonchev–Trinajstić information content (AvgIpc) is 3.18. The number of nitrogens with one attached hydrogen (secondary N) is 1. The maximum absolute atomic E-state index is 13.6. The van der Waals surface area contributed by atoms with Crippen molar-refractivity contribution in [2.45, 2.75) is 25.2 Å². The van der Waals surface area contributed by atoms with Crippen LogP contribution in [-0.4, -0.2) is 19.0 Å². The molecule has 3 nitrogen and oxygen atoms in total. The number of rotatable bonds is 6. The van der Waals surface area contributed by atoms with Gasteiger partial charge in [0.2, 0.25) is 5.91 Å². The van der Waals surface area contributed by atoms with Crippen molar-refractivity contribution in [2.24, 2.45) is 11.7 Å². The van der Waals surface area contributed by atoms with Gasteiger partial charge >= 0.3 is 0 Å². The van der Waals surface area contributed by atoms with Gasteiger partial charge in [-0.1, -0.05) is 12.1 Å². The van der Waals surface area contributed by atoms with Crippen molar-refractivity contribution in [2.75, 3.05) is 13.1 Å². The van der Waals surface area contributed by atoms with E-state index in [1.165, 1.54) is 6.07 Å². The number of hydrogen-bond acceptors (Lipinski definition) is 2. The molecule has 1 aliphatic rings. The van der Waals surface area contributed by atoms with Crippen molar-refractivity contribution in [3.8, 4) is 0 Å². The highest BCUT2D eigenvalue weighted by atomic mass is 35.5. The average molecular weight is 305 g/mol. The second kappa shape index (κ2) is 7.55. The number of carbonyl (C=O) groups excluding carboxylic acids is 1. The van der Waals surface area contributed by atoms with Crippen molar-refractivity contribution >= 4 is 18.3 Å². The van der Waals surface area contributed by atoms with E-state index < -0.39 is 11.6 Å².